The normalized spacial score (nSPS) is 10.9. The van der Waals surface area contributed by atoms with E-state index in [0.717, 1.165) is 5.39 Å². The highest BCUT2D eigenvalue weighted by atomic mass is 16.7. The lowest BCUT2D eigenvalue weighted by Gasteiger charge is -2.07. The molecule has 0 fully saturated rings. The third-order valence-corrected chi connectivity index (χ3v) is 1.94. The van der Waals surface area contributed by atoms with E-state index in [2.05, 4.69) is 20.7 Å². The van der Waals surface area contributed by atoms with Crippen LogP contribution in [0.5, 0.6) is 0 Å². The van der Waals surface area contributed by atoms with Crippen LogP contribution in [0.25, 0.3) is 11.0 Å². The van der Waals surface area contributed by atoms with Gasteiger partial charge in [0.15, 0.2) is 5.65 Å². The molecule has 84 valence electrons. The van der Waals surface area contributed by atoms with Crippen molar-refractivity contribution in [1.82, 2.24) is 20.7 Å². The van der Waals surface area contributed by atoms with Crippen molar-refractivity contribution in [3.05, 3.63) is 24.0 Å². The zero-order chi connectivity index (χ0) is 11.5. The molecule has 16 heavy (non-hydrogen) atoms. The standard InChI is InChI=1S/C10H12N4O2/c1-6(2)16-14-10(15)8-3-7-5-12-13-9(7)11-4-8/h3-6H,1-2H3,(H,14,15)(H,11,12,13). The first-order valence-electron chi connectivity index (χ1n) is 4.92. The summed E-state index contributed by atoms with van der Waals surface area (Å²) in [7, 11) is 0. The second-order valence-corrected chi connectivity index (χ2v) is 3.63. The largest absolute Gasteiger partial charge is 0.276 e. The Morgan fingerprint density at radius 2 is 2.31 bits per heavy atom. The number of aromatic nitrogens is 3. The summed E-state index contributed by atoms with van der Waals surface area (Å²) in [6.45, 7) is 3.66. The fraction of sp³-hybridized carbons (Fsp3) is 0.300. The number of hydrogen-bond acceptors (Lipinski definition) is 4. The molecule has 0 aliphatic rings. The van der Waals surface area contributed by atoms with Gasteiger partial charge >= 0.3 is 0 Å². The minimum atomic E-state index is -0.315. The summed E-state index contributed by atoms with van der Waals surface area (Å²) in [5.74, 6) is -0.315. The Kier molecular flexibility index (Phi) is 2.82. The number of aromatic amines is 1. The minimum Gasteiger partial charge on any atom is -0.271 e. The molecule has 6 nitrogen and oxygen atoms in total. The molecule has 2 aromatic rings. The molecule has 0 radical (unpaired) electrons. The Labute approximate surface area is 92.0 Å². The van der Waals surface area contributed by atoms with Gasteiger partial charge in [-0.2, -0.15) is 5.10 Å². The lowest BCUT2D eigenvalue weighted by atomic mass is 10.2. The van der Waals surface area contributed by atoms with E-state index < -0.39 is 0 Å². The van der Waals surface area contributed by atoms with Crippen LogP contribution in [-0.2, 0) is 4.84 Å². The molecule has 2 N–H and O–H groups in total. The van der Waals surface area contributed by atoms with Gasteiger partial charge < -0.3 is 0 Å². The van der Waals surface area contributed by atoms with E-state index >= 15 is 0 Å². The second-order valence-electron chi connectivity index (χ2n) is 3.63. The molecule has 0 spiro atoms. The van der Waals surface area contributed by atoms with E-state index in [1.165, 1.54) is 6.20 Å². The molecule has 2 heterocycles. The number of hydroxylamine groups is 1. The minimum absolute atomic E-state index is 0.0606. The molecular formula is C10H12N4O2. The zero-order valence-corrected chi connectivity index (χ0v) is 9.02. The van der Waals surface area contributed by atoms with Crippen LogP contribution in [0.3, 0.4) is 0 Å². The number of H-pyrrole nitrogens is 1. The fourth-order valence-electron chi connectivity index (χ4n) is 1.19. The highest BCUT2D eigenvalue weighted by Gasteiger charge is 2.08. The lowest BCUT2D eigenvalue weighted by molar-refractivity contribution is 0.000177. The second kappa shape index (κ2) is 4.28. The summed E-state index contributed by atoms with van der Waals surface area (Å²) < 4.78 is 0. The molecule has 0 aliphatic carbocycles. The summed E-state index contributed by atoms with van der Waals surface area (Å²) >= 11 is 0. The predicted molar refractivity (Wildman–Crippen MR) is 57.6 cm³/mol. The Morgan fingerprint density at radius 1 is 1.50 bits per heavy atom. The van der Waals surface area contributed by atoms with Gasteiger partial charge in [-0.3, -0.25) is 14.7 Å². The number of pyridine rings is 1. The van der Waals surface area contributed by atoms with Crippen LogP contribution in [0.2, 0.25) is 0 Å². The molecule has 2 aromatic heterocycles. The third-order valence-electron chi connectivity index (χ3n) is 1.94. The van der Waals surface area contributed by atoms with Crippen molar-refractivity contribution in [2.75, 3.05) is 0 Å². The van der Waals surface area contributed by atoms with Crippen molar-refractivity contribution in [1.29, 1.82) is 0 Å². The van der Waals surface area contributed by atoms with Crippen LogP contribution >= 0.6 is 0 Å². The maximum atomic E-state index is 11.6. The molecule has 0 aliphatic heterocycles. The van der Waals surface area contributed by atoms with Gasteiger partial charge in [-0.05, 0) is 19.9 Å². The first-order valence-corrected chi connectivity index (χ1v) is 4.92. The van der Waals surface area contributed by atoms with Gasteiger partial charge in [0.05, 0.1) is 17.9 Å². The molecular weight excluding hydrogens is 208 g/mol. The predicted octanol–water partition coefficient (Wildman–Crippen LogP) is 1.03. The lowest BCUT2D eigenvalue weighted by Crippen LogP contribution is -2.26. The van der Waals surface area contributed by atoms with Crippen LogP contribution in [-0.4, -0.2) is 27.2 Å². The first-order chi connectivity index (χ1) is 7.66. The zero-order valence-electron chi connectivity index (χ0n) is 9.02. The van der Waals surface area contributed by atoms with Crippen molar-refractivity contribution in [3.63, 3.8) is 0 Å². The number of amides is 1. The maximum Gasteiger partial charge on any atom is 0.276 e. The molecule has 2 rings (SSSR count). The highest BCUT2D eigenvalue weighted by molar-refractivity contribution is 5.96. The molecule has 1 amide bonds. The van der Waals surface area contributed by atoms with Crippen molar-refractivity contribution in [3.8, 4) is 0 Å². The number of nitrogens with zero attached hydrogens (tertiary/aromatic N) is 2. The van der Waals surface area contributed by atoms with Crippen molar-refractivity contribution in [2.24, 2.45) is 0 Å². The smallest absolute Gasteiger partial charge is 0.271 e. The molecule has 0 saturated carbocycles. The van der Waals surface area contributed by atoms with E-state index in [-0.39, 0.29) is 12.0 Å². The molecule has 0 bridgehead atoms. The van der Waals surface area contributed by atoms with Crippen molar-refractivity contribution in [2.45, 2.75) is 20.0 Å². The average molecular weight is 220 g/mol. The van der Waals surface area contributed by atoms with Gasteiger partial charge in [0.25, 0.3) is 5.91 Å². The molecule has 0 atom stereocenters. The molecule has 0 saturated heterocycles. The van der Waals surface area contributed by atoms with Gasteiger partial charge in [-0.15, -0.1) is 0 Å². The van der Waals surface area contributed by atoms with Crippen LogP contribution < -0.4 is 5.48 Å². The van der Waals surface area contributed by atoms with Crippen LogP contribution in [0.1, 0.15) is 24.2 Å². The Balaban J connectivity index is 2.16. The SMILES string of the molecule is CC(C)ONC(=O)c1cnc2[nH]ncc2c1. The summed E-state index contributed by atoms with van der Waals surface area (Å²) in [4.78, 5) is 20.7. The average Bonchev–Trinajstić information content (AvgIpc) is 2.72. The van der Waals surface area contributed by atoms with Crippen molar-refractivity contribution >= 4 is 16.9 Å². The monoisotopic (exact) mass is 220 g/mol. The van der Waals surface area contributed by atoms with E-state index in [4.69, 9.17) is 4.84 Å². The van der Waals surface area contributed by atoms with Gasteiger partial charge in [0.1, 0.15) is 0 Å². The van der Waals surface area contributed by atoms with E-state index in [9.17, 15) is 4.79 Å². The van der Waals surface area contributed by atoms with E-state index in [0.29, 0.717) is 11.2 Å². The van der Waals surface area contributed by atoms with Crippen LogP contribution in [0.4, 0.5) is 0 Å². The van der Waals surface area contributed by atoms with E-state index in [1.807, 2.05) is 13.8 Å². The van der Waals surface area contributed by atoms with Gasteiger partial charge in [-0.1, -0.05) is 0 Å². The topological polar surface area (TPSA) is 79.9 Å². The van der Waals surface area contributed by atoms with Gasteiger partial charge in [0.2, 0.25) is 0 Å². The summed E-state index contributed by atoms with van der Waals surface area (Å²) in [6.07, 6.45) is 3.02. The Morgan fingerprint density at radius 3 is 3.06 bits per heavy atom. The number of fused-ring (bicyclic) bond motifs is 1. The summed E-state index contributed by atoms with van der Waals surface area (Å²) in [5.41, 5.74) is 3.44. The summed E-state index contributed by atoms with van der Waals surface area (Å²) in [6, 6.07) is 1.70. The number of rotatable bonds is 3. The number of nitrogens with one attached hydrogen (secondary N) is 2. The number of hydrogen-bond donors (Lipinski definition) is 2. The molecule has 0 aromatic carbocycles. The van der Waals surface area contributed by atoms with Crippen molar-refractivity contribution < 1.29 is 9.63 Å². The molecule has 0 unspecified atom stereocenters. The number of carbonyl (C=O) groups is 1. The summed E-state index contributed by atoms with van der Waals surface area (Å²) in [5, 5.41) is 7.33. The Hall–Kier alpha value is -1.95. The Bertz CT molecular complexity index is 506. The van der Waals surface area contributed by atoms with Crippen LogP contribution in [0, 0.1) is 0 Å². The maximum absolute atomic E-state index is 11.6. The van der Waals surface area contributed by atoms with E-state index in [1.54, 1.807) is 12.3 Å². The fourth-order valence-corrected chi connectivity index (χ4v) is 1.19. The highest BCUT2D eigenvalue weighted by Crippen LogP contribution is 2.09. The quantitative estimate of drug-likeness (QED) is 0.757. The number of carbonyl (C=O) groups excluding carboxylic acids is 1. The van der Waals surface area contributed by atoms with Gasteiger partial charge in [-0.25, -0.2) is 10.5 Å². The van der Waals surface area contributed by atoms with Crippen LogP contribution in [0.15, 0.2) is 18.5 Å². The molecule has 6 heteroatoms. The third kappa shape index (κ3) is 2.17. The first kappa shape index (κ1) is 10.6. The van der Waals surface area contributed by atoms with Gasteiger partial charge in [0, 0.05) is 11.6 Å².